The number of hydrogen-bond donors (Lipinski definition) is 1. The van der Waals surface area contributed by atoms with Crippen LogP contribution in [0.3, 0.4) is 0 Å². The molecule has 126 valence electrons. The maximum Gasteiger partial charge on any atom is 0.244 e. The van der Waals surface area contributed by atoms with E-state index in [9.17, 15) is 4.79 Å². The SMILES string of the molecule is COc1cc(/C=C/C(=O)N[C@H](C)c2ccco2)cc2c1OCCO2. The second-order valence-corrected chi connectivity index (χ2v) is 5.33. The molecule has 1 aliphatic heterocycles. The minimum atomic E-state index is -0.215. The highest BCUT2D eigenvalue weighted by molar-refractivity contribution is 5.92. The lowest BCUT2D eigenvalue weighted by Gasteiger charge is -2.20. The molecule has 1 atom stereocenters. The van der Waals surface area contributed by atoms with E-state index in [1.54, 1.807) is 31.6 Å². The molecule has 0 saturated heterocycles. The van der Waals surface area contributed by atoms with Crippen molar-refractivity contribution in [1.82, 2.24) is 5.32 Å². The van der Waals surface area contributed by atoms with Gasteiger partial charge in [0, 0.05) is 6.08 Å². The van der Waals surface area contributed by atoms with E-state index < -0.39 is 0 Å². The van der Waals surface area contributed by atoms with Crippen molar-refractivity contribution < 1.29 is 23.4 Å². The molecule has 0 aliphatic carbocycles. The fraction of sp³-hybridized carbons (Fsp3) is 0.278. The maximum absolute atomic E-state index is 12.0. The third kappa shape index (κ3) is 3.53. The lowest BCUT2D eigenvalue weighted by atomic mass is 10.1. The molecule has 0 spiro atoms. The first-order valence-electron chi connectivity index (χ1n) is 7.67. The Labute approximate surface area is 140 Å². The van der Waals surface area contributed by atoms with Gasteiger partial charge in [-0.25, -0.2) is 0 Å². The van der Waals surface area contributed by atoms with Crippen LogP contribution in [0.1, 0.15) is 24.3 Å². The van der Waals surface area contributed by atoms with Gasteiger partial charge in [0.05, 0.1) is 19.4 Å². The van der Waals surface area contributed by atoms with E-state index in [0.717, 1.165) is 5.56 Å². The van der Waals surface area contributed by atoms with Gasteiger partial charge in [0.15, 0.2) is 11.5 Å². The van der Waals surface area contributed by atoms with Gasteiger partial charge in [0.2, 0.25) is 11.7 Å². The van der Waals surface area contributed by atoms with Gasteiger partial charge in [0.25, 0.3) is 0 Å². The fourth-order valence-corrected chi connectivity index (χ4v) is 2.43. The van der Waals surface area contributed by atoms with Crippen LogP contribution >= 0.6 is 0 Å². The van der Waals surface area contributed by atoms with Gasteiger partial charge in [-0.15, -0.1) is 0 Å². The Kier molecular flexibility index (Phi) is 4.74. The molecule has 2 aromatic rings. The zero-order chi connectivity index (χ0) is 16.9. The third-order valence-corrected chi connectivity index (χ3v) is 3.61. The van der Waals surface area contributed by atoms with E-state index in [4.69, 9.17) is 18.6 Å². The predicted molar refractivity (Wildman–Crippen MR) is 88.3 cm³/mol. The first-order valence-corrected chi connectivity index (χ1v) is 7.67. The topological polar surface area (TPSA) is 69.9 Å². The van der Waals surface area contributed by atoms with Gasteiger partial charge >= 0.3 is 0 Å². The van der Waals surface area contributed by atoms with Crippen molar-refractivity contribution >= 4 is 12.0 Å². The summed E-state index contributed by atoms with van der Waals surface area (Å²) in [5.74, 6) is 2.28. The molecule has 6 heteroatoms. The quantitative estimate of drug-likeness (QED) is 0.854. The number of carbonyl (C=O) groups is 1. The van der Waals surface area contributed by atoms with Crippen molar-refractivity contribution in [3.63, 3.8) is 0 Å². The minimum Gasteiger partial charge on any atom is -0.493 e. The van der Waals surface area contributed by atoms with Crippen LogP contribution in [-0.2, 0) is 4.79 Å². The second-order valence-electron chi connectivity index (χ2n) is 5.33. The molecule has 0 radical (unpaired) electrons. The minimum absolute atomic E-state index is 0.202. The van der Waals surface area contributed by atoms with Gasteiger partial charge in [-0.2, -0.15) is 0 Å². The molecule has 1 aromatic carbocycles. The van der Waals surface area contributed by atoms with E-state index >= 15 is 0 Å². The first-order chi connectivity index (χ1) is 11.7. The molecule has 0 bridgehead atoms. The molecule has 6 nitrogen and oxygen atoms in total. The van der Waals surface area contributed by atoms with E-state index in [-0.39, 0.29) is 11.9 Å². The highest BCUT2D eigenvalue weighted by Crippen LogP contribution is 2.40. The Morgan fingerprint density at radius 2 is 2.17 bits per heavy atom. The molecule has 0 fully saturated rings. The van der Waals surface area contributed by atoms with Crippen LogP contribution in [0.2, 0.25) is 0 Å². The van der Waals surface area contributed by atoms with Gasteiger partial charge in [-0.3, -0.25) is 4.79 Å². The lowest BCUT2D eigenvalue weighted by molar-refractivity contribution is -0.117. The van der Waals surface area contributed by atoms with Crippen LogP contribution < -0.4 is 19.5 Å². The number of furan rings is 1. The summed E-state index contributed by atoms with van der Waals surface area (Å²) >= 11 is 0. The zero-order valence-corrected chi connectivity index (χ0v) is 13.6. The van der Waals surface area contributed by atoms with E-state index in [1.807, 2.05) is 19.1 Å². The molecule has 0 saturated carbocycles. The predicted octanol–water partition coefficient (Wildman–Crippen LogP) is 2.95. The van der Waals surface area contributed by atoms with Crippen LogP contribution in [0, 0.1) is 0 Å². The summed E-state index contributed by atoms with van der Waals surface area (Å²) in [7, 11) is 1.57. The number of rotatable bonds is 5. The van der Waals surface area contributed by atoms with Gasteiger partial charge < -0.3 is 23.9 Å². The van der Waals surface area contributed by atoms with Gasteiger partial charge in [0.1, 0.15) is 19.0 Å². The first kappa shape index (κ1) is 16.0. The van der Waals surface area contributed by atoms with Crippen LogP contribution in [0.5, 0.6) is 17.2 Å². The highest BCUT2D eigenvalue weighted by atomic mass is 16.6. The highest BCUT2D eigenvalue weighted by Gasteiger charge is 2.18. The van der Waals surface area contributed by atoms with Gasteiger partial charge in [-0.05, 0) is 42.8 Å². The van der Waals surface area contributed by atoms with Crippen molar-refractivity contribution in [3.05, 3.63) is 47.9 Å². The normalized spacial score (nSPS) is 14.4. The number of ether oxygens (including phenoxy) is 3. The monoisotopic (exact) mass is 329 g/mol. The molecule has 1 aliphatic rings. The summed E-state index contributed by atoms with van der Waals surface area (Å²) in [6.07, 6.45) is 4.74. The van der Waals surface area contributed by atoms with Crippen LogP contribution in [-0.4, -0.2) is 26.2 Å². The fourth-order valence-electron chi connectivity index (χ4n) is 2.43. The number of nitrogens with one attached hydrogen (secondary N) is 1. The number of fused-ring (bicyclic) bond motifs is 1. The Hall–Kier alpha value is -2.89. The Bertz CT molecular complexity index is 719. The molecule has 1 N–H and O–H groups in total. The Morgan fingerprint density at radius 1 is 1.33 bits per heavy atom. The van der Waals surface area contributed by atoms with Crippen molar-refractivity contribution in [3.8, 4) is 17.2 Å². The number of methoxy groups -OCH3 is 1. The molecule has 24 heavy (non-hydrogen) atoms. The van der Waals surface area contributed by atoms with Crippen molar-refractivity contribution in [2.24, 2.45) is 0 Å². The molecule has 2 heterocycles. The number of hydrogen-bond acceptors (Lipinski definition) is 5. The molecule has 3 rings (SSSR count). The molecule has 0 unspecified atom stereocenters. The standard InChI is InChI=1S/C18H19NO5/c1-12(14-4-3-7-22-14)19-17(20)6-5-13-10-15(21-2)18-16(11-13)23-8-9-24-18/h3-7,10-12H,8-9H2,1-2H3,(H,19,20)/b6-5+/t12-/m1/s1. The smallest absolute Gasteiger partial charge is 0.244 e. The average Bonchev–Trinajstić information content (AvgIpc) is 3.14. The molecule has 1 aromatic heterocycles. The number of benzene rings is 1. The lowest BCUT2D eigenvalue weighted by Crippen LogP contribution is -2.24. The summed E-state index contributed by atoms with van der Waals surface area (Å²) < 4.78 is 21.7. The van der Waals surface area contributed by atoms with Gasteiger partial charge in [-0.1, -0.05) is 0 Å². The number of carbonyl (C=O) groups excluding carboxylic acids is 1. The molecular weight excluding hydrogens is 310 g/mol. The number of amides is 1. The van der Waals surface area contributed by atoms with Crippen LogP contribution in [0.15, 0.2) is 41.0 Å². The molecule has 1 amide bonds. The summed E-state index contributed by atoms with van der Waals surface area (Å²) in [4.78, 5) is 12.0. The van der Waals surface area contributed by atoms with E-state index in [0.29, 0.717) is 36.2 Å². The summed E-state index contributed by atoms with van der Waals surface area (Å²) in [5.41, 5.74) is 0.789. The summed E-state index contributed by atoms with van der Waals surface area (Å²) in [6, 6.07) is 7.02. The van der Waals surface area contributed by atoms with Crippen LogP contribution in [0.4, 0.5) is 0 Å². The van der Waals surface area contributed by atoms with Crippen molar-refractivity contribution in [2.75, 3.05) is 20.3 Å². The second kappa shape index (κ2) is 7.12. The third-order valence-electron chi connectivity index (χ3n) is 3.61. The van der Waals surface area contributed by atoms with E-state index in [2.05, 4.69) is 5.32 Å². The van der Waals surface area contributed by atoms with Crippen molar-refractivity contribution in [2.45, 2.75) is 13.0 Å². The molecular formula is C18H19NO5. The zero-order valence-electron chi connectivity index (χ0n) is 13.6. The summed E-state index contributed by atoms with van der Waals surface area (Å²) in [5, 5.41) is 2.84. The Morgan fingerprint density at radius 3 is 2.92 bits per heavy atom. The average molecular weight is 329 g/mol. The maximum atomic E-state index is 12.0. The Balaban J connectivity index is 1.70. The van der Waals surface area contributed by atoms with Crippen LogP contribution in [0.25, 0.3) is 6.08 Å². The van der Waals surface area contributed by atoms with Crippen molar-refractivity contribution in [1.29, 1.82) is 0 Å². The van der Waals surface area contributed by atoms with E-state index in [1.165, 1.54) is 6.08 Å². The summed E-state index contributed by atoms with van der Waals surface area (Å²) in [6.45, 7) is 2.84. The largest absolute Gasteiger partial charge is 0.493 e.